The second-order valence-corrected chi connectivity index (χ2v) is 3.96. The molecule has 4 nitrogen and oxygen atoms in total. The topological polar surface area (TPSA) is 52.6 Å². The Hall–Kier alpha value is -1.58. The Kier molecular flexibility index (Phi) is 3.88. The van der Waals surface area contributed by atoms with E-state index in [4.69, 9.17) is 9.47 Å². The first kappa shape index (κ1) is 12.5. The fourth-order valence-electron chi connectivity index (χ4n) is 1.63. The molecule has 0 N–H and O–H groups in total. The van der Waals surface area contributed by atoms with Gasteiger partial charge < -0.3 is 9.47 Å². The van der Waals surface area contributed by atoms with Gasteiger partial charge in [0.15, 0.2) is 0 Å². The fraction of sp³-hybridized carbons (Fsp3) is 0.500. The van der Waals surface area contributed by atoms with Crippen LogP contribution in [-0.4, -0.2) is 25.7 Å². The first-order chi connectivity index (χ1) is 7.48. The van der Waals surface area contributed by atoms with Crippen molar-refractivity contribution in [2.45, 2.75) is 20.3 Å². The van der Waals surface area contributed by atoms with E-state index >= 15 is 0 Å². The molecule has 16 heavy (non-hydrogen) atoms. The summed E-state index contributed by atoms with van der Waals surface area (Å²) in [6.45, 7) is 3.35. The summed E-state index contributed by atoms with van der Waals surface area (Å²) in [5.74, 6) is -0.640. The van der Waals surface area contributed by atoms with Gasteiger partial charge in [0.25, 0.3) is 0 Å². The number of allylic oxidation sites excluding steroid dienone is 1. The molecular formula is C12H16O4. The lowest BCUT2D eigenvalue weighted by Gasteiger charge is -2.23. The SMILES string of the molecule is COC(=O)C1(C)C=CCC(COC(C)=O)=C1. The number of rotatable bonds is 3. The maximum absolute atomic E-state index is 11.5. The predicted octanol–water partition coefficient (Wildman–Crippen LogP) is 1.62. The molecule has 4 heteroatoms. The van der Waals surface area contributed by atoms with Crippen molar-refractivity contribution in [2.75, 3.05) is 13.7 Å². The van der Waals surface area contributed by atoms with Crippen molar-refractivity contribution in [3.05, 3.63) is 23.8 Å². The van der Waals surface area contributed by atoms with Crippen molar-refractivity contribution in [3.8, 4) is 0 Å². The molecule has 0 saturated carbocycles. The van der Waals surface area contributed by atoms with Gasteiger partial charge in [0, 0.05) is 6.92 Å². The Morgan fingerprint density at radius 3 is 2.75 bits per heavy atom. The highest BCUT2D eigenvalue weighted by Crippen LogP contribution is 2.29. The zero-order valence-electron chi connectivity index (χ0n) is 9.78. The third-order valence-corrected chi connectivity index (χ3v) is 2.43. The van der Waals surface area contributed by atoms with Crippen LogP contribution in [-0.2, 0) is 19.1 Å². The highest BCUT2D eigenvalue weighted by atomic mass is 16.5. The van der Waals surface area contributed by atoms with Crippen LogP contribution in [0.3, 0.4) is 0 Å². The molecule has 0 radical (unpaired) electrons. The van der Waals surface area contributed by atoms with E-state index in [1.54, 1.807) is 19.1 Å². The zero-order chi connectivity index (χ0) is 12.2. The van der Waals surface area contributed by atoms with Crippen LogP contribution in [0.25, 0.3) is 0 Å². The molecule has 0 spiro atoms. The highest BCUT2D eigenvalue weighted by molar-refractivity contribution is 5.81. The number of methoxy groups -OCH3 is 1. The van der Waals surface area contributed by atoms with Crippen molar-refractivity contribution in [1.29, 1.82) is 0 Å². The summed E-state index contributed by atoms with van der Waals surface area (Å²) in [6.07, 6.45) is 6.17. The van der Waals surface area contributed by atoms with Crippen LogP contribution in [0.4, 0.5) is 0 Å². The molecule has 88 valence electrons. The van der Waals surface area contributed by atoms with Crippen LogP contribution in [0.1, 0.15) is 20.3 Å². The number of esters is 2. The molecule has 0 fully saturated rings. The lowest BCUT2D eigenvalue weighted by atomic mass is 9.83. The summed E-state index contributed by atoms with van der Waals surface area (Å²) in [5, 5.41) is 0. The van der Waals surface area contributed by atoms with Gasteiger partial charge in [-0.1, -0.05) is 18.2 Å². The average Bonchev–Trinajstić information content (AvgIpc) is 2.25. The van der Waals surface area contributed by atoms with E-state index in [9.17, 15) is 9.59 Å². The van der Waals surface area contributed by atoms with Gasteiger partial charge in [-0.3, -0.25) is 9.59 Å². The van der Waals surface area contributed by atoms with E-state index in [0.717, 1.165) is 5.57 Å². The van der Waals surface area contributed by atoms with Crippen molar-refractivity contribution in [3.63, 3.8) is 0 Å². The van der Waals surface area contributed by atoms with E-state index in [1.165, 1.54) is 14.0 Å². The summed E-state index contributed by atoms with van der Waals surface area (Å²) >= 11 is 0. The highest BCUT2D eigenvalue weighted by Gasteiger charge is 2.31. The molecule has 0 aromatic rings. The quantitative estimate of drug-likeness (QED) is 0.540. The lowest BCUT2D eigenvalue weighted by Crippen LogP contribution is -2.27. The molecule has 1 atom stereocenters. The minimum atomic E-state index is -0.748. The summed E-state index contributed by atoms with van der Waals surface area (Å²) in [7, 11) is 1.36. The first-order valence-electron chi connectivity index (χ1n) is 5.08. The summed E-state index contributed by atoms with van der Waals surface area (Å²) < 4.78 is 9.62. The van der Waals surface area contributed by atoms with Crippen LogP contribution in [0.2, 0.25) is 0 Å². The van der Waals surface area contributed by atoms with Crippen molar-refractivity contribution in [2.24, 2.45) is 5.41 Å². The first-order valence-corrected chi connectivity index (χ1v) is 5.08. The van der Waals surface area contributed by atoms with Crippen molar-refractivity contribution >= 4 is 11.9 Å². The van der Waals surface area contributed by atoms with E-state index in [2.05, 4.69) is 0 Å². The standard InChI is InChI=1S/C12H16O4/c1-9(13)16-8-10-5-4-6-12(2,7-10)11(14)15-3/h4,6-7H,5,8H2,1-3H3. The Morgan fingerprint density at radius 1 is 1.50 bits per heavy atom. The third kappa shape index (κ3) is 2.95. The van der Waals surface area contributed by atoms with Gasteiger partial charge in [-0.15, -0.1) is 0 Å². The smallest absolute Gasteiger partial charge is 0.319 e. The number of carbonyl (C=O) groups excluding carboxylic acids is 2. The van der Waals surface area contributed by atoms with Crippen molar-refractivity contribution < 1.29 is 19.1 Å². The molecule has 0 amide bonds. The minimum Gasteiger partial charge on any atom is -0.468 e. The van der Waals surface area contributed by atoms with Crippen LogP contribution in [0, 0.1) is 5.41 Å². The van der Waals surface area contributed by atoms with E-state index in [0.29, 0.717) is 6.42 Å². The second kappa shape index (κ2) is 4.96. The summed E-state index contributed by atoms with van der Waals surface area (Å²) in [6, 6.07) is 0. The Morgan fingerprint density at radius 2 is 2.19 bits per heavy atom. The van der Waals surface area contributed by atoms with Crippen LogP contribution < -0.4 is 0 Å². The molecule has 0 aliphatic heterocycles. The number of hydrogen-bond donors (Lipinski definition) is 0. The van der Waals surface area contributed by atoms with Crippen molar-refractivity contribution in [1.82, 2.24) is 0 Å². The Labute approximate surface area is 94.9 Å². The van der Waals surface area contributed by atoms with E-state index in [1.807, 2.05) is 6.08 Å². The molecule has 1 unspecified atom stereocenters. The lowest BCUT2D eigenvalue weighted by molar-refractivity contribution is -0.146. The summed E-state index contributed by atoms with van der Waals surface area (Å²) in [5.41, 5.74) is 0.160. The molecule has 0 bridgehead atoms. The molecule has 0 aromatic carbocycles. The molecule has 1 aliphatic rings. The summed E-state index contributed by atoms with van der Waals surface area (Å²) in [4.78, 5) is 22.2. The molecular weight excluding hydrogens is 208 g/mol. The maximum atomic E-state index is 11.5. The maximum Gasteiger partial charge on any atom is 0.319 e. The Balaban J connectivity index is 2.74. The third-order valence-electron chi connectivity index (χ3n) is 2.43. The average molecular weight is 224 g/mol. The van der Waals surface area contributed by atoms with Crippen LogP contribution in [0.5, 0.6) is 0 Å². The monoisotopic (exact) mass is 224 g/mol. The normalized spacial score (nSPS) is 23.6. The van der Waals surface area contributed by atoms with Crippen LogP contribution >= 0.6 is 0 Å². The predicted molar refractivity (Wildman–Crippen MR) is 58.6 cm³/mol. The van der Waals surface area contributed by atoms with Gasteiger partial charge >= 0.3 is 11.9 Å². The zero-order valence-corrected chi connectivity index (χ0v) is 9.78. The van der Waals surface area contributed by atoms with Gasteiger partial charge in [0.1, 0.15) is 12.0 Å². The van der Waals surface area contributed by atoms with Gasteiger partial charge in [0.2, 0.25) is 0 Å². The molecule has 0 aromatic heterocycles. The minimum absolute atomic E-state index is 0.228. The Bertz CT molecular complexity index is 354. The number of carbonyl (C=O) groups is 2. The number of hydrogen-bond acceptors (Lipinski definition) is 4. The van der Waals surface area contributed by atoms with Gasteiger partial charge in [-0.05, 0) is 18.9 Å². The largest absolute Gasteiger partial charge is 0.468 e. The van der Waals surface area contributed by atoms with Gasteiger partial charge in [-0.2, -0.15) is 0 Å². The second-order valence-electron chi connectivity index (χ2n) is 3.96. The molecule has 0 saturated heterocycles. The van der Waals surface area contributed by atoms with Gasteiger partial charge in [-0.25, -0.2) is 0 Å². The fourth-order valence-corrected chi connectivity index (χ4v) is 1.63. The van der Waals surface area contributed by atoms with Crippen LogP contribution in [0.15, 0.2) is 23.8 Å². The molecule has 1 rings (SSSR count). The van der Waals surface area contributed by atoms with E-state index < -0.39 is 5.41 Å². The molecule has 0 heterocycles. The van der Waals surface area contributed by atoms with Gasteiger partial charge in [0.05, 0.1) is 7.11 Å². The number of ether oxygens (including phenoxy) is 2. The van der Waals surface area contributed by atoms with E-state index in [-0.39, 0.29) is 18.5 Å². The molecule has 1 aliphatic carbocycles.